The Morgan fingerprint density at radius 1 is 1.00 bits per heavy atom. The highest BCUT2D eigenvalue weighted by atomic mass is 32.2. The highest BCUT2D eigenvalue weighted by Crippen LogP contribution is 2.44. The number of hydrogen-bond acceptors (Lipinski definition) is 10. The van der Waals surface area contributed by atoms with Gasteiger partial charge >= 0.3 is 0 Å². The van der Waals surface area contributed by atoms with Gasteiger partial charge < -0.3 is 25.3 Å². The molecule has 1 saturated carbocycles. The van der Waals surface area contributed by atoms with Gasteiger partial charge in [0, 0.05) is 68.8 Å². The predicted molar refractivity (Wildman–Crippen MR) is 187 cm³/mol. The van der Waals surface area contributed by atoms with Crippen LogP contribution < -0.4 is 24.6 Å². The normalized spacial score (nSPS) is 20.1. The summed E-state index contributed by atoms with van der Waals surface area (Å²) in [4.78, 5) is 20.5. The number of H-pyrrole nitrogens is 1. The van der Waals surface area contributed by atoms with Crippen LogP contribution in [0, 0.1) is 0 Å². The Hall–Kier alpha value is -4.07. The van der Waals surface area contributed by atoms with Gasteiger partial charge in [0.15, 0.2) is 0 Å². The molecule has 4 aliphatic rings. The van der Waals surface area contributed by atoms with Gasteiger partial charge in [0.25, 0.3) is 0 Å². The van der Waals surface area contributed by atoms with Crippen molar-refractivity contribution in [1.82, 2.24) is 24.8 Å². The van der Waals surface area contributed by atoms with E-state index in [-0.39, 0.29) is 0 Å². The summed E-state index contributed by atoms with van der Waals surface area (Å²) < 4.78 is 32.5. The molecule has 0 radical (unpaired) electrons. The van der Waals surface area contributed by atoms with E-state index in [0.29, 0.717) is 53.3 Å². The number of nitrogens with zero attached hydrogens (tertiary/aromatic N) is 6. The molecule has 3 N–H and O–H groups in total. The fraction of sp³-hybridized carbons (Fsp3) is 0.471. The zero-order valence-electron chi connectivity index (χ0n) is 27.3. The number of fused-ring (bicyclic) bond motifs is 2. The smallest absolute Gasteiger partial charge is 0.232 e. The minimum atomic E-state index is -3.42. The Kier molecular flexibility index (Phi) is 7.45. The Bertz CT molecular complexity index is 1920. The van der Waals surface area contributed by atoms with Crippen molar-refractivity contribution in [2.75, 3.05) is 79.5 Å². The minimum Gasteiger partial charge on any atom is -0.495 e. The van der Waals surface area contributed by atoms with E-state index in [0.717, 1.165) is 54.0 Å². The molecule has 3 aliphatic heterocycles. The van der Waals surface area contributed by atoms with Crippen LogP contribution in [-0.4, -0.2) is 104 Å². The van der Waals surface area contributed by atoms with Crippen molar-refractivity contribution in [3.8, 4) is 5.75 Å². The molecule has 47 heavy (non-hydrogen) atoms. The number of piperidine rings is 1. The van der Waals surface area contributed by atoms with Gasteiger partial charge in [0.05, 0.1) is 35.8 Å². The molecule has 3 fully saturated rings. The van der Waals surface area contributed by atoms with E-state index in [1.54, 1.807) is 7.11 Å². The molecule has 0 bridgehead atoms. The number of aromatic amines is 1. The first-order valence-electron chi connectivity index (χ1n) is 16.6. The first-order valence-corrected chi connectivity index (χ1v) is 18.4. The molecular formula is C34H43N9O3S. The largest absolute Gasteiger partial charge is 0.495 e. The molecule has 13 heteroatoms. The van der Waals surface area contributed by atoms with E-state index in [1.807, 2.05) is 42.6 Å². The number of aromatic nitrogens is 3. The van der Waals surface area contributed by atoms with E-state index < -0.39 is 10.0 Å². The number of likely N-dealkylation sites (N-methyl/N-ethyl adjacent to an activating group) is 1. The van der Waals surface area contributed by atoms with Crippen molar-refractivity contribution in [3.05, 3.63) is 54.2 Å². The van der Waals surface area contributed by atoms with Gasteiger partial charge in [-0.25, -0.2) is 8.42 Å². The maximum Gasteiger partial charge on any atom is 0.232 e. The lowest BCUT2D eigenvalue weighted by atomic mass is 9.99. The van der Waals surface area contributed by atoms with Gasteiger partial charge in [-0.1, -0.05) is 12.1 Å². The average Bonchev–Trinajstić information content (AvgIpc) is 3.43. The summed E-state index contributed by atoms with van der Waals surface area (Å²) >= 11 is 0. The molecule has 0 amide bonds. The number of piperazine rings is 1. The molecule has 0 unspecified atom stereocenters. The molecule has 1 aliphatic carbocycles. The van der Waals surface area contributed by atoms with Crippen LogP contribution in [0.5, 0.6) is 5.75 Å². The summed E-state index contributed by atoms with van der Waals surface area (Å²) in [5, 5.41) is 7.59. The lowest BCUT2D eigenvalue weighted by Gasteiger charge is -2.46. The van der Waals surface area contributed by atoms with E-state index >= 15 is 0 Å². The zero-order valence-corrected chi connectivity index (χ0v) is 28.1. The first kappa shape index (κ1) is 30.3. The fourth-order valence-electron chi connectivity index (χ4n) is 7.78. The standard InChI is InChI=1S/C34H43N9O3S/c1-40-19-20-42(22-34(40)13-14-34)25-11-16-41(17-12-25)28-8-7-24(21-29(28)46-2)36-33-38-31-26(9-15-35-31)32(39-33)37-27-6-4-5-23-10-18-43(30(23)27)47(3,44)45/h4-9,15,21,25H,10-14,16-20,22H2,1-3H3,(H3,35,36,37,38,39). The third-order valence-electron chi connectivity index (χ3n) is 10.6. The van der Waals surface area contributed by atoms with Crippen LogP contribution in [0.1, 0.15) is 31.2 Å². The molecule has 5 heterocycles. The van der Waals surface area contributed by atoms with Crippen molar-refractivity contribution in [2.24, 2.45) is 0 Å². The number of ether oxygens (including phenoxy) is 1. The van der Waals surface area contributed by atoms with Crippen LogP contribution in [0.3, 0.4) is 0 Å². The van der Waals surface area contributed by atoms with Crippen LogP contribution in [0.25, 0.3) is 11.0 Å². The van der Waals surface area contributed by atoms with Crippen molar-refractivity contribution in [3.63, 3.8) is 0 Å². The van der Waals surface area contributed by atoms with Gasteiger partial charge in [-0.2, -0.15) is 9.97 Å². The second-order valence-electron chi connectivity index (χ2n) is 13.5. The predicted octanol–water partition coefficient (Wildman–Crippen LogP) is 4.52. The summed E-state index contributed by atoms with van der Waals surface area (Å²) in [7, 11) is 0.595. The van der Waals surface area contributed by atoms with Gasteiger partial charge in [0.2, 0.25) is 16.0 Å². The molecule has 248 valence electrons. The number of benzene rings is 2. The second-order valence-corrected chi connectivity index (χ2v) is 15.4. The second kappa shape index (κ2) is 11.6. The summed E-state index contributed by atoms with van der Waals surface area (Å²) in [5.41, 5.74) is 5.38. The Morgan fingerprint density at radius 2 is 1.83 bits per heavy atom. The van der Waals surface area contributed by atoms with Crippen LogP contribution in [0.15, 0.2) is 48.7 Å². The highest BCUT2D eigenvalue weighted by molar-refractivity contribution is 7.92. The lowest BCUT2D eigenvalue weighted by Crippen LogP contribution is -2.57. The molecule has 2 saturated heterocycles. The van der Waals surface area contributed by atoms with Gasteiger partial charge in [-0.05, 0) is 69.0 Å². The third-order valence-corrected chi connectivity index (χ3v) is 11.8. The van der Waals surface area contributed by atoms with Gasteiger partial charge in [-0.15, -0.1) is 0 Å². The molecular weight excluding hydrogens is 615 g/mol. The molecule has 0 atom stereocenters. The Balaban J connectivity index is 0.995. The number of anilines is 6. The Morgan fingerprint density at radius 3 is 2.60 bits per heavy atom. The first-order chi connectivity index (χ1) is 22.7. The van der Waals surface area contributed by atoms with E-state index in [2.05, 4.69) is 43.4 Å². The quantitative estimate of drug-likeness (QED) is 0.249. The molecule has 2 aromatic carbocycles. The van der Waals surface area contributed by atoms with Crippen LogP contribution in [0.4, 0.5) is 34.5 Å². The zero-order chi connectivity index (χ0) is 32.3. The van der Waals surface area contributed by atoms with Gasteiger partial charge in [0.1, 0.15) is 17.2 Å². The van der Waals surface area contributed by atoms with E-state index in [1.165, 1.54) is 43.0 Å². The monoisotopic (exact) mass is 657 g/mol. The van der Waals surface area contributed by atoms with Crippen molar-refractivity contribution in [1.29, 1.82) is 0 Å². The number of nitrogens with one attached hydrogen (secondary N) is 3. The summed E-state index contributed by atoms with van der Waals surface area (Å²) in [6.45, 7) is 6.01. The van der Waals surface area contributed by atoms with Crippen LogP contribution in [0.2, 0.25) is 0 Å². The number of hydrogen-bond donors (Lipinski definition) is 3. The molecule has 12 nitrogen and oxygen atoms in total. The SMILES string of the molecule is COc1cc(Nc2nc(Nc3cccc4c3N(S(C)(=O)=O)CC4)c3cc[nH]c3n2)ccc1N1CCC(N2CCN(C)C3(CC3)C2)CC1. The Labute approximate surface area is 276 Å². The topological polar surface area (TPSA) is 122 Å². The fourth-order valence-corrected chi connectivity index (χ4v) is 8.75. The van der Waals surface area contributed by atoms with Gasteiger partial charge in [-0.3, -0.25) is 14.1 Å². The molecule has 8 rings (SSSR count). The van der Waals surface area contributed by atoms with Crippen molar-refractivity contribution in [2.45, 2.75) is 43.7 Å². The maximum absolute atomic E-state index is 12.6. The molecule has 4 aromatic rings. The minimum absolute atomic E-state index is 0.409. The van der Waals surface area contributed by atoms with Crippen LogP contribution in [-0.2, 0) is 16.4 Å². The highest BCUT2D eigenvalue weighted by Gasteiger charge is 2.50. The van der Waals surface area contributed by atoms with Crippen molar-refractivity contribution >= 4 is 55.6 Å². The number of sulfonamides is 1. The summed E-state index contributed by atoms with van der Waals surface area (Å²) in [5.74, 6) is 1.79. The number of para-hydroxylation sites is 1. The maximum atomic E-state index is 12.6. The third kappa shape index (κ3) is 5.63. The lowest BCUT2D eigenvalue weighted by molar-refractivity contribution is 0.0434. The van der Waals surface area contributed by atoms with Crippen molar-refractivity contribution < 1.29 is 13.2 Å². The number of rotatable bonds is 8. The van der Waals surface area contributed by atoms with Crippen LogP contribution >= 0.6 is 0 Å². The number of methoxy groups -OCH3 is 1. The van der Waals surface area contributed by atoms with E-state index in [4.69, 9.17) is 14.7 Å². The summed E-state index contributed by atoms with van der Waals surface area (Å²) in [6, 6.07) is 14.5. The van der Waals surface area contributed by atoms with E-state index in [9.17, 15) is 8.42 Å². The molecule has 2 aromatic heterocycles. The summed E-state index contributed by atoms with van der Waals surface area (Å²) in [6.07, 6.45) is 8.75. The molecule has 1 spiro atoms. The average molecular weight is 658 g/mol.